The third-order valence-electron chi connectivity index (χ3n) is 4.19. The first-order valence-corrected chi connectivity index (χ1v) is 8.92. The van der Waals surface area contributed by atoms with E-state index in [1.807, 2.05) is 24.3 Å². The van der Waals surface area contributed by atoms with Crippen LogP contribution in [-0.4, -0.2) is 25.8 Å². The van der Waals surface area contributed by atoms with Crippen LogP contribution in [0.5, 0.6) is 5.75 Å². The molecule has 1 fully saturated rings. The Morgan fingerprint density at radius 2 is 1.96 bits per heavy atom. The Morgan fingerprint density at radius 1 is 1.12 bits per heavy atom. The lowest BCUT2D eigenvalue weighted by molar-refractivity contribution is 0.0166. The summed E-state index contributed by atoms with van der Waals surface area (Å²) in [4.78, 5) is 0. The number of halogens is 2. The van der Waals surface area contributed by atoms with Crippen LogP contribution in [0.25, 0.3) is 0 Å². The Kier molecular flexibility index (Phi) is 6.38. The summed E-state index contributed by atoms with van der Waals surface area (Å²) in [6.07, 6.45) is 1.03. The molecule has 0 amide bonds. The standard InChI is InChI=1S/C19H21Cl2NO2/c20-16-6-7-18(17(21)10-16)24-19(15-8-9-22-11-15)13-23-12-14-4-2-1-3-5-14/h1-7,10,15,19,22H,8-9,11-13H2/t15?,19-/m0/s1. The summed E-state index contributed by atoms with van der Waals surface area (Å²) < 4.78 is 12.1. The fraction of sp³-hybridized carbons (Fsp3) is 0.368. The molecule has 1 N–H and O–H groups in total. The van der Waals surface area contributed by atoms with Crippen molar-refractivity contribution in [1.29, 1.82) is 0 Å². The van der Waals surface area contributed by atoms with Crippen LogP contribution >= 0.6 is 23.2 Å². The van der Waals surface area contributed by atoms with Gasteiger partial charge in [0, 0.05) is 17.5 Å². The van der Waals surface area contributed by atoms with E-state index in [-0.39, 0.29) is 6.10 Å². The van der Waals surface area contributed by atoms with E-state index < -0.39 is 0 Å². The fourth-order valence-corrected chi connectivity index (χ4v) is 3.31. The van der Waals surface area contributed by atoms with Gasteiger partial charge in [-0.25, -0.2) is 0 Å². The molecule has 3 rings (SSSR count). The molecule has 5 heteroatoms. The molecule has 1 unspecified atom stereocenters. The quantitative estimate of drug-likeness (QED) is 0.779. The SMILES string of the molecule is Clc1ccc(O[C@@H](COCc2ccccc2)C2CCNC2)c(Cl)c1. The molecule has 3 nitrogen and oxygen atoms in total. The Bertz CT molecular complexity index is 645. The first-order chi connectivity index (χ1) is 11.7. The van der Waals surface area contributed by atoms with E-state index in [0.29, 0.717) is 34.9 Å². The predicted octanol–water partition coefficient (Wildman–Crippen LogP) is 4.57. The van der Waals surface area contributed by atoms with Crippen molar-refractivity contribution >= 4 is 23.2 Å². The van der Waals surface area contributed by atoms with Gasteiger partial charge in [-0.2, -0.15) is 0 Å². The minimum absolute atomic E-state index is 0.0395. The summed E-state index contributed by atoms with van der Waals surface area (Å²) in [5.41, 5.74) is 1.16. The first-order valence-electron chi connectivity index (χ1n) is 8.16. The van der Waals surface area contributed by atoms with Gasteiger partial charge in [0.25, 0.3) is 0 Å². The summed E-state index contributed by atoms with van der Waals surface area (Å²) in [6.45, 7) is 3.05. The molecule has 2 aromatic carbocycles. The number of nitrogens with one attached hydrogen (secondary N) is 1. The van der Waals surface area contributed by atoms with Gasteiger partial charge in [-0.05, 0) is 36.7 Å². The Labute approximate surface area is 152 Å². The van der Waals surface area contributed by atoms with E-state index in [9.17, 15) is 0 Å². The van der Waals surface area contributed by atoms with E-state index in [1.165, 1.54) is 0 Å². The van der Waals surface area contributed by atoms with Crippen molar-refractivity contribution in [2.24, 2.45) is 5.92 Å². The van der Waals surface area contributed by atoms with E-state index in [1.54, 1.807) is 12.1 Å². The maximum atomic E-state index is 6.24. The second kappa shape index (κ2) is 8.72. The minimum atomic E-state index is -0.0395. The van der Waals surface area contributed by atoms with Gasteiger partial charge < -0.3 is 14.8 Å². The number of rotatable bonds is 7. The van der Waals surface area contributed by atoms with Crippen LogP contribution in [0.15, 0.2) is 48.5 Å². The van der Waals surface area contributed by atoms with Crippen LogP contribution < -0.4 is 10.1 Å². The number of benzene rings is 2. The van der Waals surface area contributed by atoms with Gasteiger partial charge in [0.05, 0.1) is 18.2 Å². The Balaban J connectivity index is 1.62. The molecule has 2 atom stereocenters. The second-order valence-corrected chi connectivity index (χ2v) is 6.83. The third kappa shape index (κ3) is 4.87. The zero-order valence-corrected chi connectivity index (χ0v) is 14.9. The van der Waals surface area contributed by atoms with Crippen molar-refractivity contribution in [3.05, 3.63) is 64.1 Å². The normalized spacial score (nSPS) is 18.5. The monoisotopic (exact) mass is 365 g/mol. The number of hydrogen-bond donors (Lipinski definition) is 1. The van der Waals surface area contributed by atoms with Crippen molar-refractivity contribution in [2.45, 2.75) is 19.1 Å². The lowest BCUT2D eigenvalue weighted by atomic mass is 10.0. The summed E-state index contributed by atoms with van der Waals surface area (Å²) in [7, 11) is 0. The topological polar surface area (TPSA) is 30.5 Å². The molecule has 24 heavy (non-hydrogen) atoms. The molecule has 1 heterocycles. The van der Waals surface area contributed by atoms with Crippen LogP contribution in [-0.2, 0) is 11.3 Å². The van der Waals surface area contributed by atoms with Gasteiger partial charge in [0.1, 0.15) is 11.9 Å². The van der Waals surface area contributed by atoms with Gasteiger partial charge in [-0.15, -0.1) is 0 Å². The molecule has 1 aliphatic rings. The second-order valence-electron chi connectivity index (χ2n) is 5.98. The zero-order chi connectivity index (χ0) is 16.8. The summed E-state index contributed by atoms with van der Waals surface area (Å²) in [5, 5.41) is 4.51. The van der Waals surface area contributed by atoms with E-state index in [4.69, 9.17) is 32.7 Å². The van der Waals surface area contributed by atoms with Gasteiger partial charge >= 0.3 is 0 Å². The van der Waals surface area contributed by atoms with Crippen molar-refractivity contribution < 1.29 is 9.47 Å². The predicted molar refractivity (Wildman–Crippen MR) is 98.0 cm³/mol. The van der Waals surface area contributed by atoms with Crippen LogP contribution in [0.1, 0.15) is 12.0 Å². The van der Waals surface area contributed by atoms with Crippen molar-refractivity contribution in [2.75, 3.05) is 19.7 Å². The lowest BCUT2D eigenvalue weighted by Gasteiger charge is -2.25. The van der Waals surface area contributed by atoms with Crippen molar-refractivity contribution in [1.82, 2.24) is 5.32 Å². The lowest BCUT2D eigenvalue weighted by Crippen LogP contribution is -2.33. The summed E-state index contributed by atoms with van der Waals surface area (Å²) >= 11 is 12.2. The molecule has 0 saturated carbocycles. The minimum Gasteiger partial charge on any atom is -0.486 e. The Morgan fingerprint density at radius 3 is 2.67 bits per heavy atom. The van der Waals surface area contributed by atoms with E-state index in [2.05, 4.69) is 17.4 Å². The summed E-state index contributed by atoms with van der Waals surface area (Å²) in [5.74, 6) is 1.06. The van der Waals surface area contributed by atoms with Crippen LogP contribution in [0.2, 0.25) is 10.0 Å². The molecule has 0 spiro atoms. The van der Waals surface area contributed by atoms with Gasteiger partial charge in [-0.1, -0.05) is 53.5 Å². The highest BCUT2D eigenvalue weighted by atomic mass is 35.5. The van der Waals surface area contributed by atoms with Crippen molar-refractivity contribution in [3.63, 3.8) is 0 Å². The smallest absolute Gasteiger partial charge is 0.138 e. The van der Waals surface area contributed by atoms with E-state index >= 15 is 0 Å². The summed E-state index contributed by atoms with van der Waals surface area (Å²) in [6, 6.07) is 15.5. The zero-order valence-electron chi connectivity index (χ0n) is 13.4. The maximum absolute atomic E-state index is 6.24. The van der Waals surface area contributed by atoms with Gasteiger partial charge in [0.2, 0.25) is 0 Å². The number of hydrogen-bond acceptors (Lipinski definition) is 3. The van der Waals surface area contributed by atoms with Gasteiger partial charge in [0.15, 0.2) is 0 Å². The molecule has 1 saturated heterocycles. The maximum Gasteiger partial charge on any atom is 0.138 e. The highest BCUT2D eigenvalue weighted by Gasteiger charge is 2.27. The molecule has 0 aromatic heterocycles. The molecule has 128 valence electrons. The van der Waals surface area contributed by atoms with Crippen LogP contribution in [0.4, 0.5) is 0 Å². The molecule has 2 aromatic rings. The van der Waals surface area contributed by atoms with Crippen LogP contribution in [0.3, 0.4) is 0 Å². The number of ether oxygens (including phenoxy) is 2. The first kappa shape index (κ1) is 17.6. The third-order valence-corrected chi connectivity index (χ3v) is 4.72. The molecule has 0 bridgehead atoms. The fourth-order valence-electron chi connectivity index (χ4n) is 2.86. The van der Waals surface area contributed by atoms with Crippen molar-refractivity contribution in [3.8, 4) is 5.75 Å². The largest absolute Gasteiger partial charge is 0.486 e. The Hall–Kier alpha value is -1.26. The molecule has 0 radical (unpaired) electrons. The average molecular weight is 366 g/mol. The van der Waals surface area contributed by atoms with E-state index in [0.717, 1.165) is 25.1 Å². The average Bonchev–Trinajstić information content (AvgIpc) is 3.11. The molecule has 1 aliphatic heterocycles. The highest BCUT2D eigenvalue weighted by Crippen LogP contribution is 2.30. The molecular formula is C19H21Cl2NO2. The molecule has 0 aliphatic carbocycles. The molecular weight excluding hydrogens is 345 g/mol. The van der Waals surface area contributed by atoms with Crippen LogP contribution in [0, 0.1) is 5.92 Å². The van der Waals surface area contributed by atoms with Gasteiger partial charge in [-0.3, -0.25) is 0 Å². The highest BCUT2D eigenvalue weighted by molar-refractivity contribution is 6.35.